The summed E-state index contributed by atoms with van der Waals surface area (Å²) in [4.78, 5) is 2.18. The Bertz CT molecular complexity index is 256. The largest absolute Gasteiger partial charge is 0.396 e. The highest BCUT2D eigenvalue weighted by atomic mass is 16.2. The maximum atomic E-state index is 8.76. The zero-order chi connectivity index (χ0) is 10.4. The molecule has 1 N–H and O–H groups in total. The zero-order valence-corrected chi connectivity index (χ0v) is 8.74. The van der Waals surface area contributed by atoms with Crippen molar-refractivity contribution < 1.29 is 5.11 Å². The van der Waals surface area contributed by atoms with Crippen LogP contribution in [0.2, 0.25) is 0 Å². The SMILES string of the molecule is [CH2]CCN(C)c1ccc(CCO)cc1. The molecular formula is C12H18NO. The molecule has 77 valence electrons. The zero-order valence-electron chi connectivity index (χ0n) is 8.74. The molecular weight excluding hydrogens is 174 g/mol. The third kappa shape index (κ3) is 3.04. The van der Waals surface area contributed by atoms with E-state index in [0.717, 1.165) is 19.4 Å². The molecule has 0 fully saturated rings. The normalized spacial score (nSPS) is 10.2. The molecule has 2 heteroatoms. The van der Waals surface area contributed by atoms with E-state index in [0.29, 0.717) is 0 Å². The van der Waals surface area contributed by atoms with E-state index in [1.54, 1.807) is 0 Å². The first kappa shape index (κ1) is 11.1. The Kier molecular flexibility index (Phi) is 4.47. The molecule has 0 aliphatic rings. The fourth-order valence-corrected chi connectivity index (χ4v) is 1.41. The fraction of sp³-hybridized carbons (Fsp3) is 0.417. The van der Waals surface area contributed by atoms with Gasteiger partial charge in [-0.2, -0.15) is 0 Å². The molecule has 2 nitrogen and oxygen atoms in total. The van der Waals surface area contributed by atoms with Crippen molar-refractivity contribution in [2.24, 2.45) is 0 Å². The number of hydrogen-bond acceptors (Lipinski definition) is 2. The maximum absolute atomic E-state index is 8.76. The Morgan fingerprint density at radius 1 is 1.29 bits per heavy atom. The van der Waals surface area contributed by atoms with Crippen molar-refractivity contribution in [3.8, 4) is 0 Å². The van der Waals surface area contributed by atoms with Crippen molar-refractivity contribution in [3.05, 3.63) is 36.8 Å². The van der Waals surface area contributed by atoms with Crippen LogP contribution in [-0.2, 0) is 6.42 Å². The predicted octanol–water partition coefficient (Wildman–Crippen LogP) is 1.88. The Hall–Kier alpha value is -1.02. The van der Waals surface area contributed by atoms with Crippen LogP contribution in [0.15, 0.2) is 24.3 Å². The number of aliphatic hydroxyl groups excluding tert-OH is 1. The van der Waals surface area contributed by atoms with E-state index < -0.39 is 0 Å². The highest BCUT2D eigenvalue weighted by Crippen LogP contribution is 2.14. The van der Waals surface area contributed by atoms with Gasteiger partial charge in [0.05, 0.1) is 0 Å². The monoisotopic (exact) mass is 192 g/mol. The highest BCUT2D eigenvalue weighted by molar-refractivity contribution is 5.46. The summed E-state index contributed by atoms with van der Waals surface area (Å²) >= 11 is 0. The molecule has 1 aromatic carbocycles. The van der Waals surface area contributed by atoms with Crippen molar-refractivity contribution in [1.82, 2.24) is 0 Å². The standard InChI is InChI=1S/C12H18NO/c1-3-9-13(2)12-6-4-11(5-7-12)8-10-14/h4-7,14H,1,3,8-10H2,2H3. The van der Waals surface area contributed by atoms with Crippen LogP contribution >= 0.6 is 0 Å². The summed E-state index contributed by atoms with van der Waals surface area (Å²) < 4.78 is 0. The molecule has 0 atom stereocenters. The van der Waals surface area contributed by atoms with Gasteiger partial charge in [-0.25, -0.2) is 0 Å². The Labute approximate surface area is 86.2 Å². The minimum atomic E-state index is 0.216. The average Bonchev–Trinajstić information content (AvgIpc) is 2.20. The van der Waals surface area contributed by atoms with Gasteiger partial charge in [0.1, 0.15) is 0 Å². The molecule has 0 aliphatic heterocycles. The smallest absolute Gasteiger partial charge is 0.0471 e. The van der Waals surface area contributed by atoms with Crippen LogP contribution in [0.25, 0.3) is 0 Å². The van der Waals surface area contributed by atoms with Crippen molar-refractivity contribution in [1.29, 1.82) is 0 Å². The van der Waals surface area contributed by atoms with Gasteiger partial charge >= 0.3 is 0 Å². The summed E-state index contributed by atoms with van der Waals surface area (Å²) in [5, 5.41) is 8.76. The molecule has 0 bridgehead atoms. The van der Waals surface area contributed by atoms with E-state index in [1.165, 1.54) is 11.3 Å². The molecule has 1 rings (SSSR count). The van der Waals surface area contributed by atoms with Crippen LogP contribution in [0, 0.1) is 6.92 Å². The third-order valence-corrected chi connectivity index (χ3v) is 2.27. The fourth-order valence-electron chi connectivity index (χ4n) is 1.41. The van der Waals surface area contributed by atoms with Crippen molar-refractivity contribution >= 4 is 5.69 Å². The second-order valence-electron chi connectivity index (χ2n) is 3.42. The van der Waals surface area contributed by atoms with Crippen LogP contribution < -0.4 is 4.90 Å². The first-order chi connectivity index (χ1) is 6.77. The molecule has 0 aliphatic carbocycles. The molecule has 0 spiro atoms. The van der Waals surface area contributed by atoms with Crippen LogP contribution in [0.1, 0.15) is 12.0 Å². The second-order valence-corrected chi connectivity index (χ2v) is 3.42. The summed E-state index contributed by atoms with van der Waals surface area (Å²) in [7, 11) is 2.06. The van der Waals surface area contributed by atoms with E-state index >= 15 is 0 Å². The molecule has 1 aromatic rings. The van der Waals surface area contributed by atoms with Crippen molar-refractivity contribution in [2.75, 3.05) is 25.1 Å². The Morgan fingerprint density at radius 2 is 1.93 bits per heavy atom. The average molecular weight is 192 g/mol. The summed E-state index contributed by atoms with van der Waals surface area (Å²) in [5.41, 5.74) is 2.38. The number of hydrogen-bond donors (Lipinski definition) is 1. The van der Waals surface area contributed by atoms with Crippen LogP contribution in [0.4, 0.5) is 5.69 Å². The number of benzene rings is 1. The van der Waals surface area contributed by atoms with E-state index in [1.807, 2.05) is 0 Å². The number of anilines is 1. The third-order valence-electron chi connectivity index (χ3n) is 2.27. The minimum absolute atomic E-state index is 0.216. The quantitative estimate of drug-likeness (QED) is 0.770. The Morgan fingerprint density at radius 3 is 2.43 bits per heavy atom. The molecule has 0 saturated heterocycles. The van der Waals surface area contributed by atoms with Gasteiger partial charge in [-0.05, 0) is 30.5 Å². The summed E-state index contributed by atoms with van der Waals surface area (Å²) in [6, 6.07) is 8.29. The first-order valence-electron chi connectivity index (χ1n) is 4.98. The van der Waals surface area contributed by atoms with Crippen LogP contribution in [0.5, 0.6) is 0 Å². The van der Waals surface area contributed by atoms with E-state index in [-0.39, 0.29) is 6.61 Å². The highest BCUT2D eigenvalue weighted by Gasteiger charge is 1.98. The molecule has 0 amide bonds. The van der Waals surface area contributed by atoms with E-state index in [4.69, 9.17) is 5.11 Å². The van der Waals surface area contributed by atoms with Gasteiger partial charge in [0.15, 0.2) is 0 Å². The topological polar surface area (TPSA) is 23.5 Å². The number of nitrogens with zero attached hydrogens (tertiary/aromatic N) is 1. The molecule has 0 unspecified atom stereocenters. The van der Waals surface area contributed by atoms with Gasteiger partial charge in [0, 0.05) is 25.9 Å². The van der Waals surface area contributed by atoms with Gasteiger partial charge in [-0.1, -0.05) is 19.1 Å². The van der Waals surface area contributed by atoms with Gasteiger partial charge in [-0.3, -0.25) is 0 Å². The lowest BCUT2D eigenvalue weighted by Gasteiger charge is -2.18. The van der Waals surface area contributed by atoms with Crippen LogP contribution in [-0.4, -0.2) is 25.3 Å². The van der Waals surface area contributed by atoms with Gasteiger partial charge in [0.2, 0.25) is 0 Å². The predicted molar refractivity (Wildman–Crippen MR) is 60.5 cm³/mol. The second kappa shape index (κ2) is 5.66. The molecule has 1 radical (unpaired) electrons. The van der Waals surface area contributed by atoms with Gasteiger partial charge in [-0.15, -0.1) is 0 Å². The van der Waals surface area contributed by atoms with Crippen molar-refractivity contribution in [3.63, 3.8) is 0 Å². The lowest BCUT2D eigenvalue weighted by atomic mass is 10.1. The van der Waals surface area contributed by atoms with Crippen molar-refractivity contribution in [2.45, 2.75) is 12.8 Å². The summed E-state index contributed by atoms with van der Waals surface area (Å²) in [5.74, 6) is 0. The molecule has 0 heterocycles. The molecule has 0 aromatic heterocycles. The van der Waals surface area contributed by atoms with E-state index in [9.17, 15) is 0 Å². The summed E-state index contributed by atoms with van der Waals surface area (Å²) in [6.07, 6.45) is 1.65. The number of rotatable bonds is 5. The summed E-state index contributed by atoms with van der Waals surface area (Å²) in [6.45, 7) is 5.01. The maximum Gasteiger partial charge on any atom is 0.0471 e. The minimum Gasteiger partial charge on any atom is -0.396 e. The van der Waals surface area contributed by atoms with Crippen LogP contribution in [0.3, 0.4) is 0 Å². The van der Waals surface area contributed by atoms with Gasteiger partial charge < -0.3 is 10.0 Å². The lowest BCUT2D eigenvalue weighted by molar-refractivity contribution is 0.299. The molecule has 0 saturated carbocycles. The molecule has 14 heavy (non-hydrogen) atoms. The number of aliphatic hydroxyl groups is 1. The Balaban J connectivity index is 2.62. The first-order valence-corrected chi connectivity index (χ1v) is 4.98. The van der Waals surface area contributed by atoms with Gasteiger partial charge in [0.25, 0.3) is 0 Å². The lowest BCUT2D eigenvalue weighted by Crippen LogP contribution is -2.17. The van der Waals surface area contributed by atoms with E-state index in [2.05, 4.69) is 43.1 Å².